The number of hydrogen-bond acceptors (Lipinski definition) is 4. The van der Waals surface area contributed by atoms with E-state index in [1.54, 1.807) is 21.3 Å². The summed E-state index contributed by atoms with van der Waals surface area (Å²) < 4.78 is 23.0. The van der Waals surface area contributed by atoms with Crippen LogP contribution in [0.4, 0.5) is 0 Å². The third-order valence-corrected chi connectivity index (χ3v) is 4.11. The monoisotopic (exact) mass is 244 g/mol. The average Bonchev–Trinajstić information content (AvgIpc) is 2.66. The van der Waals surface area contributed by atoms with Crippen molar-refractivity contribution in [3.05, 3.63) is 0 Å². The second-order valence-electron chi connectivity index (χ2n) is 5.27. The minimum atomic E-state index is -0.579. The van der Waals surface area contributed by atoms with Crippen LogP contribution in [0, 0.1) is 0 Å². The van der Waals surface area contributed by atoms with Crippen molar-refractivity contribution in [3.63, 3.8) is 0 Å². The van der Waals surface area contributed by atoms with Gasteiger partial charge in [0.2, 0.25) is 0 Å². The van der Waals surface area contributed by atoms with Crippen molar-refractivity contribution in [1.82, 2.24) is 0 Å². The minimum Gasteiger partial charge on any atom is -0.379 e. The molecule has 0 aliphatic carbocycles. The van der Waals surface area contributed by atoms with Gasteiger partial charge in [0.05, 0.1) is 17.8 Å². The highest BCUT2D eigenvalue weighted by Gasteiger charge is 2.61. The fourth-order valence-corrected chi connectivity index (χ4v) is 2.92. The van der Waals surface area contributed by atoms with Crippen LogP contribution in [0.25, 0.3) is 0 Å². The lowest BCUT2D eigenvalue weighted by molar-refractivity contribution is -0.243. The van der Waals surface area contributed by atoms with Crippen molar-refractivity contribution in [3.8, 4) is 0 Å². The third-order valence-electron chi connectivity index (χ3n) is 4.11. The Kier molecular flexibility index (Phi) is 4.63. The normalized spacial score (nSPS) is 36.1. The summed E-state index contributed by atoms with van der Waals surface area (Å²) in [6.07, 6.45) is 0.728. The van der Waals surface area contributed by atoms with Gasteiger partial charge < -0.3 is 18.9 Å². The first-order valence-electron chi connectivity index (χ1n) is 6.14. The number of hydrogen-bond donors (Lipinski definition) is 0. The molecular formula is C12H25BO4. The van der Waals surface area contributed by atoms with E-state index in [-0.39, 0.29) is 18.2 Å². The van der Waals surface area contributed by atoms with Gasteiger partial charge >= 0.3 is 0 Å². The Bertz CT molecular complexity index is 259. The predicted octanol–water partition coefficient (Wildman–Crippen LogP) is 0.580. The van der Waals surface area contributed by atoms with E-state index >= 15 is 0 Å². The van der Waals surface area contributed by atoms with Crippen LogP contribution in [-0.4, -0.2) is 58.6 Å². The van der Waals surface area contributed by atoms with Crippen molar-refractivity contribution >= 4 is 7.85 Å². The Balaban J connectivity index is 3.18. The van der Waals surface area contributed by atoms with E-state index in [1.807, 2.05) is 20.8 Å². The predicted molar refractivity (Wildman–Crippen MR) is 69.1 cm³/mol. The number of ether oxygens (including phenoxy) is 4. The first-order chi connectivity index (χ1) is 7.85. The van der Waals surface area contributed by atoms with Crippen molar-refractivity contribution in [2.24, 2.45) is 0 Å². The topological polar surface area (TPSA) is 36.9 Å². The molecule has 4 atom stereocenters. The van der Waals surface area contributed by atoms with Gasteiger partial charge in [-0.2, -0.15) is 0 Å². The Labute approximate surface area is 105 Å². The Morgan fingerprint density at radius 1 is 1.35 bits per heavy atom. The first kappa shape index (κ1) is 15.0. The second kappa shape index (κ2) is 5.27. The highest BCUT2D eigenvalue weighted by molar-refractivity contribution is 6.11. The molecule has 1 aliphatic rings. The summed E-state index contributed by atoms with van der Waals surface area (Å²) in [5.41, 5.74) is -1.06. The molecule has 17 heavy (non-hydrogen) atoms. The lowest BCUT2D eigenvalue weighted by atomic mass is 9.76. The van der Waals surface area contributed by atoms with Gasteiger partial charge in [0.1, 0.15) is 13.4 Å². The van der Waals surface area contributed by atoms with Crippen LogP contribution in [0.15, 0.2) is 0 Å². The van der Waals surface area contributed by atoms with Crippen molar-refractivity contribution in [2.45, 2.75) is 56.6 Å². The molecule has 100 valence electrons. The molecule has 1 unspecified atom stereocenters. The fourth-order valence-electron chi connectivity index (χ4n) is 2.92. The number of rotatable bonds is 5. The van der Waals surface area contributed by atoms with Gasteiger partial charge in [0, 0.05) is 27.3 Å². The van der Waals surface area contributed by atoms with E-state index in [1.165, 1.54) is 0 Å². The SMILES string of the molecule is B[C@H]1C[C@@H](OC)[C@](C(C)OC)(C(C)(C)OC)O1. The summed E-state index contributed by atoms with van der Waals surface area (Å²) in [5.74, 6) is 0. The molecule has 0 N–H and O–H groups in total. The zero-order valence-corrected chi connectivity index (χ0v) is 12.1. The van der Waals surface area contributed by atoms with Crippen LogP contribution >= 0.6 is 0 Å². The fraction of sp³-hybridized carbons (Fsp3) is 1.00. The molecule has 0 spiro atoms. The van der Waals surface area contributed by atoms with Crippen LogP contribution in [0.5, 0.6) is 0 Å². The maximum atomic E-state index is 6.19. The Morgan fingerprint density at radius 2 is 1.94 bits per heavy atom. The average molecular weight is 244 g/mol. The zero-order chi connectivity index (χ0) is 13.3. The van der Waals surface area contributed by atoms with Crippen LogP contribution in [0.3, 0.4) is 0 Å². The van der Waals surface area contributed by atoms with Crippen molar-refractivity contribution in [1.29, 1.82) is 0 Å². The molecule has 0 radical (unpaired) electrons. The van der Waals surface area contributed by atoms with Gasteiger partial charge in [-0.1, -0.05) is 0 Å². The zero-order valence-electron chi connectivity index (χ0n) is 12.1. The molecule has 0 amide bonds. The summed E-state index contributed by atoms with van der Waals surface area (Å²) in [7, 11) is 7.16. The van der Waals surface area contributed by atoms with Gasteiger partial charge in [-0.15, -0.1) is 0 Å². The van der Waals surface area contributed by atoms with E-state index in [0.29, 0.717) is 0 Å². The van der Waals surface area contributed by atoms with E-state index < -0.39 is 11.2 Å². The largest absolute Gasteiger partial charge is 0.379 e. The maximum absolute atomic E-state index is 6.19. The molecular weight excluding hydrogens is 219 g/mol. The maximum Gasteiger partial charge on any atom is 0.147 e. The molecule has 0 aromatic carbocycles. The summed E-state index contributed by atoms with van der Waals surface area (Å²) in [5, 5.41) is 0. The Hall–Kier alpha value is -0.0951. The van der Waals surface area contributed by atoms with E-state index in [0.717, 1.165) is 6.42 Å². The summed E-state index contributed by atoms with van der Waals surface area (Å²) in [6, 6.07) is 0.145. The summed E-state index contributed by atoms with van der Waals surface area (Å²) >= 11 is 0. The quantitative estimate of drug-likeness (QED) is 0.663. The molecule has 4 nitrogen and oxygen atoms in total. The van der Waals surface area contributed by atoms with Crippen molar-refractivity contribution in [2.75, 3.05) is 21.3 Å². The highest BCUT2D eigenvalue weighted by Crippen LogP contribution is 2.44. The van der Waals surface area contributed by atoms with E-state index in [4.69, 9.17) is 18.9 Å². The van der Waals surface area contributed by atoms with Crippen LogP contribution in [0.2, 0.25) is 0 Å². The third kappa shape index (κ3) is 2.26. The standard InChI is InChI=1S/C12H25BO4/c1-8(14-4)12(11(2,3)16-6)9(15-5)7-10(13)17-12/h8-10H,7,13H2,1-6H3/t8?,9-,10-,12-/m1/s1. The highest BCUT2D eigenvalue weighted by atomic mass is 16.6. The van der Waals surface area contributed by atoms with Gasteiger partial charge in [-0.3, -0.25) is 0 Å². The molecule has 1 aliphatic heterocycles. The summed E-state index contributed by atoms with van der Waals surface area (Å²) in [4.78, 5) is 0. The lowest BCUT2D eigenvalue weighted by Gasteiger charge is -2.48. The lowest BCUT2D eigenvalue weighted by Crippen LogP contribution is -2.64. The van der Waals surface area contributed by atoms with Gasteiger partial charge in [0.25, 0.3) is 0 Å². The smallest absolute Gasteiger partial charge is 0.147 e. The van der Waals surface area contributed by atoms with Crippen LogP contribution in [-0.2, 0) is 18.9 Å². The molecule has 0 bridgehead atoms. The molecule has 0 aromatic heterocycles. The number of methoxy groups -OCH3 is 3. The second-order valence-corrected chi connectivity index (χ2v) is 5.27. The van der Waals surface area contributed by atoms with Crippen LogP contribution < -0.4 is 0 Å². The van der Waals surface area contributed by atoms with Gasteiger partial charge in [0.15, 0.2) is 0 Å². The Morgan fingerprint density at radius 3 is 2.35 bits per heavy atom. The van der Waals surface area contributed by atoms with Crippen LogP contribution in [0.1, 0.15) is 27.2 Å². The molecule has 5 heteroatoms. The minimum absolute atomic E-state index is 0.0256. The molecule has 1 rings (SSSR count). The molecule has 0 saturated carbocycles. The molecule has 0 aromatic rings. The summed E-state index contributed by atoms with van der Waals surface area (Å²) in [6.45, 7) is 6.05. The van der Waals surface area contributed by atoms with Gasteiger partial charge in [-0.05, 0) is 27.2 Å². The molecule has 1 heterocycles. The van der Waals surface area contributed by atoms with E-state index in [9.17, 15) is 0 Å². The molecule has 1 fully saturated rings. The van der Waals surface area contributed by atoms with E-state index in [2.05, 4.69) is 7.85 Å². The van der Waals surface area contributed by atoms with Crippen molar-refractivity contribution < 1.29 is 18.9 Å². The first-order valence-corrected chi connectivity index (χ1v) is 6.14. The molecule has 1 saturated heterocycles. The van der Waals surface area contributed by atoms with Gasteiger partial charge in [-0.25, -0.2) is 0 Å².